The van der Waals surface area contributed by atoms with Crippen LogP contribution in [-0.4, -0.2) is 22.6 Å². The monoisotopic (exact) mass is 727 g/mol. The number of hydrogen-bond donors (Lipinski definition) is 0. The summed E-state index contributed by atoms with van der Waals surface area (Å²) < 4.78 is 2.45. The molecule has 0 bridgehead atoms. The van der Waals surface area contributed by atoms with Gasteiger partial charge < -0.3 is 0 Å². The summed E-state index contributed by atoms with van der Waals surface area (Å²) in [4.78, 5) is 12.5. The summed E-state index contributed by atoms with van der Waals surface area (Å²) in [6, 6.07) is 64.7. The van der Waals surface area contributed by atoms with Gasteiger partial charge >= 0.3 is 0 Å². The van der Waals surface area contributed by atoms with Crippen molar-refractivity contribution in [1.82, 2.24) is 14.5 Å². The molecule has 1 aliphatic rings. The van der Waals surface area contributed by atoms with E-state index in [4.69, 9.17) is 9.97 Å². The van der Waals surface area contributed by atoms with E-state index in [0.29, 0.717) is 0 Å². The van der Waals surface area contributed by atoms with E-state index < -0.39 is 8.07 Å². The van der Waals surface area contributed by atoms with Crippen LogP contribution in [0.15, 0.2) is 198 Å². The van der Waals surface area contributed by atoms with Crippen LogP contribution in [0, 0.1) is 0 Å². The average Bonchev–Trinajstić information content (AvgIpc) is 3.57. The van der Waals surface area contributed by atoms with Crippen molar-refractivity contribution in [2.75, 3.05) is 0 Å². The first kappa shape index (κ1) is 32.6. The molecule has 258 valence electrons. The third-order valence-corrected chi connectivity index (χ3v) is 17.2. The molecule has 0 fully saturated rings. The number of nitrogens with zero attached hydrogens (tertiary/aromatic N) is 3. The van der Waals surface area contributed by atoms with Crippen molar-refractivity contribution < 1.29 is 0 Å². The van der Waals surface area contributed by atoms with Crippen molar-refractivity contribution in [1.29, 1.82) is 0 Å². The van der Waals surface area contributed by atoms with Gasteiger partial charge in [0, 0.05) is 55.2 Å². The van der Waals surface area contributed by atoms with Crippen LogP contribution in [0.4, 0.5) is 0 Å². The van der Waals surface area contributed by atoms with E-state index in [1.54, 1.807) is 0 Å². The van der Waals surface area contributed by atoms with Gasteiger partial charge in [0.2, 0.25) is 0 Å². The lowest BCUT2D eigenvalue weighted by Crippen LogP contribution is -2.74. The normalized spacial score (nSPS) is 13.4. The molecule has 0 N–H and O–H groups in total. The van der Waals surface area contributed by atoms with E-state index in [-0.39, 0.29) is 5.41 Å². The first-order valence-electron chi connectivity index (χ1n) is 18.5. The van der Waals surface area contributed by atoms with E-state index in [2.05, 4.69) is 188 Å². The Kier molecular flexibility index (Phi) is 7.75. The number of pyridine rings is 2. The van der Waals surface area contributed by atoms with Crippen LogP contribution in [0.5, 0.6) is 0 Å². The minimum atomic E-state index is -2.91. The maximum Gasteiger partial charge on any atom is 0.179 e. The van der Waals surface area contributed by atoms with Crippen LogP contribution in [0.3, 0.4) is 0 Å². The molecule has 0 amide bonds. The molecule has 5 heteroatoms. The Hall–Kier alpha value is -6.01. The van der Waals surface area contributed by atoms with Crippen molar-refractivity contribution in [3.63, 3.8) is 0 Å². The summed E-state index contributed by atoms with van der Waals surface area (Å²) in [5, 5.41) is 7.68. The van der Waals surface area contributed by atoms with Gasteiger partial charge in [-0.1, -0.05) is 153 Å². The van der Waals surface area contributed by atoms with Crippen molar-refractivity contribution in [3.05, 3.63) is 199 Å². The van der Waals surface area contributed by atoms with Crippen LogP contribution in [0.1, 0.15) is 25.0 Å². The van der Waals surface area contributed by atoms with Gasteiger partial charge in [0.05, 0.1) is 11.2 Å². The fraction of sp³-hybridized carbons (Fsp3) is 0.0612. The molecular formula is C49H37N3SSi. The third-order valence-electron chi connectivity index (χ3n) is 11.3. The summed E-state index contributed by atoms with van der Waals surface area (Å²) in [6.07, 6.45) is 3.81. The number of hydrogen-bond acceptors (Lipinski definition) is 3. The molecule has 9 aromatic rings. The topological polar surface area (TPSA) is 30.7 Å². The highest BCUT2D eigenvalue weighted by molar-refractivity contribution is 7.99. The molecule has 0 atom stereocenters. The highest BCUT2D eigenvalue weighted by Crippen LogP contribution is 2.52. The van der Waals surface area contributed by atoms with Gasteiger partial charge in [0.1, 0.15) is 5.65 Å². The molecule has 3 nitrogen and oxygen atoms in total. The molecule has 6 aromatic carbocycles. The summed E-state index contributed by atoms with van der Waals surface area (Å²) in [7, 11) is -2.91. The Morgan fingerprint density at radius 3 is 1.94 bits per heavy atom. The molecule has 0 aliphatic carbocycles. The van der Waals surface area contributed by atoms with Gasteiger partial charge in [-0.3, -0.25) is 9.55 Å². The van der Waals surface area contributed by atoms with Gasteiger partial charge in [-0.05, 0) is 74.8 Å². The third kappa shape index (κ3) is 4.96. The number of fused-ring (bicyclic) bond motifs is 6. The first-order valence-corrected chi connectivity index (χ1v) is 21.3. The average molecular weight is 728 g/mol. The molecule has 10 rings (SSSR count). The molecule has 1 aliphatic heterocycles. The van der Waals surface area contributed by atoms with Crippen LogP contribution in [0.25, 0.3) is 38.9 Å². The molecule has 0 unspecified atom stereocenters. The second kappa shape index (κ2) is 12.8. The Bertz CT molecular complexity index is 2790. The van der Waals surface area contributed by atoms with Gasteiger partial charge in [0.25, 0.3) is 0 Å². The summed E-state index contributed by atoms with van der Waals surface area (Å²) >= 11 is 1.88. The highest BCUT2D eigenvalue weighted by Gasteiger charge is 2.42. The van der Waals surface area contributed by atoms with Crippen molar-refractivity contribution in [3.8, 4) is 16.9 Å². The quantitative estimate of drug-likeness (QED) is 0.126. The molecule has 4 heterocycles. The second-order valence-electron chi connectivity index (χ2n) is 14.6. The van der Waals surface area contributed by atoms with Crippen LogP contribution in [-0.2, 0) is 5.41 Å². The van der Waals surface area contributed by atoms with Gasteiger partial charge in [-0.15, -0.1) is 0 Å². The van der Waals surface area contributed by atoms with Crippen molar-refractivity contribution in [2.24, 2.45) is 0 Å². The number of benzene rings is 6. The molecular weight excluding hydrogens is 691 g/mol. The second-order valence-corrected chi connectivity index (χ2v) is 19.5. The lowest BCUT2D eigenvalue weighted by Gasteiger charge is -2.36. The highest BCUT2D eigenvalue weighted by atomic mass is 32.2. The lowest BCUT2D eigenvalue weighted by molar-refractivity contribution is 0.611. The molecule has 3 aromatic heterocycles. The van der Waals surface area contributed by atoms with E-state index >= 15 is 0 Å². The van der Waals surface area contributed by atoms with Gasteiger partial charge in [-0.2, -0.15) is 0 Å². The predicted octanol–water partition coefficient (Wildman–Crippen LogP) is 9.41. The van der Waals surface area contributed by atoms with Crippen LogP contribution < -0.4 is 20.7 Å². The molecule has 54 heavy (non-hydrogen) atoms. The van der Waals surface area contributed by atoms with Crippen LogP contribution in [0.2, 0.25) is 0 Å². The van der Waals surface area contributed by atoms with Crippen LogP contribution >= 0.6 is 11.8 Å². The first-order chi connectivity index (χ1) is 26.5. The molecule has 0 saturated carbocycles. The standard InChI is InChI=1S/C49H37N3SSi/c1-49(2)42-25-9-10-27-44(42)53-45-29-28-40-41-24-15-31-51-48(41)52(47(40)46(45)49)35-17-14-23-39(33-35)54(36-18-5-3-6-19-36,37-20-7-4-8-21-37)38-22-13-16-34(32-38)43-26-11-12-30-50-43/h3-33H,1-2H3. The Morgan fingerprint density at radius 1 is 0.519 bits per heavy atom. The Morgan fingerprint density at radius 2 is 1.19 bits per heavy atom. The predicted molar refractivity (Wildman–Crippen MR) is 228 cm³/mol. The largest absolute Gasteiger partial charge is 0.294 e. The van der Waals surface area contributed by atoms with E-state index in [1.165, 1.54) is 52.6 Å². The zero-order valence-electron chi connectivity index (χ0n) is 30.1. The lowest BCUT2D eigenvalue weighted by atomic mass is 9.76. The van der Waals surface area contributed by atoms with E-state index in [1.807, 2.05) is 30.2 Å². The number of aromatic nitrogens is 3. The fourth-order valence-corrected chi connectivity index (χ4v) is 15.1. The smallest absolute Gasteiger partial charge is 0.179 e. The summed E-state index contributed by atoms with van der Waals surface area (Å²) in [6.45, 7) is 4.76. The number of rotatable bonds is 6. The van der Waals surface area contributed by atoms with E-state index in [0.717, 1.165) is 28.0 Å². The van der Waals surface area contributed by atoms with Gasteiger partial charge in [-0.25, -0.2) is 4.98 Å². The van der Waals surface area contributed by atoms with E-state index in [9.17, 15) is 0 Å². The Labute approximate surface area is 321 Å². The maximum absolute atomic E-state index is 5.11. The molecule has 0 radical (unpaired) electrons. The molecule has 0 saturated heterocycles. The van der Waals surface area contributed by atoms with Crippen molar-refractivity contribution in [2.45, 2.75) is 29.1 Å². The molecule has 0 spiro atoms. The zero-order valence-corrected chi connectivity index (χ0v) is 32.0. The summed E-state index contributed by atoms with van der Waals surface area (Å²) in [5.74, 6) is 0. The minimum absolute atomic E-state index is 0.223. The van der Waals surface area contributed by atoms with Crippen molar-refractivity contribution >= 4 is 62.5 Å². The SMILES string of the molecule is CC1(C)c2ccccc2Sc2ccc3c4cccnc4n(-c4cccc([Si](c5ccccc5)(c5ccccc5)c5cccc(-c6ccccn6)c5)c4)c3c21. The fourth-order valence-electron chi connectivity index (χ4n) is 8.88. The minimum Gasteiger partial charge on any atom is -0.294 e. The van der Waals surface area contributed by atoms with Gasteiger partial charge in [0.15, 0.2) is 8.07 Å². The Balaban J connectivity index is 1.29. The zero-order chi connectivity index (χ0) is 36.3. The summed E-state index contributed by atoms with van der Waals surface area (Å²) in [5.41, 5.74) is 7.90. The maximum atomic E-state index is 5.11.